The zero-order valence-electron chi connectivity index (χ0n) is 14.5. The number of anilines is 1. The van der Waals surface area contributed by atoms with Gasteiger partial charge in [0.25, 0.3) is 11.8 Å². The molecule has 7 nitrogen and oxygen atoms in total. The summed E-state index contributed by atoms with van der Waals surface area (Å²) in [5, 5.41) is 7.12. The van der Waals surface area contributed by atoms with E-state index in [1.165, 1.54) is 31.4 Å². The average molecular weight is 376 g/mol. The summed E-state index contributed by atoms with van der Waals surface area (Å²) in [6.07, 6.45) is -0.941. The number of ether oxygens (including phenoxy) is 2. The topological polar surface area (TPSA) is 93.7 Å². The molecule has 0 saturated carbocycles. The summed E-state index contributed by atoms with van der Waals surface area (Å²) in [7, 11) is 1.53. The Morgan fingerprint density at radius 1 is 1.19 bits per heavy atom. The van der Waals surface area contributed by atoms with Crippen molar-refractivity contribution in [1.29, 1.82) is 0 Å². The van der Waals surface area contributed by atoms with Gasteiger partial charge in [0.2, 0.25) is 0 Å². The molecule has 1 aromatic carbocycles. The molecule has 1 aromatic heterocycles. The summed E-state index contributed by atoms with van der Waals surface area (Å²) in [5.74, 6) is -1.31. The average Bonchev–Trinajstić information content (AvgIpc) is 3.16. The minimum absolute atomic E-state index is 0.241. The number of amides is 2. The van der Waals surface area contributed by atoms with Gasteiger partial charge in [0.05, 0.1) is 17.0 Å². The Morgan fingerprint density at radius 3 is 2.69 bits per heavy atom. The maximum atomic E-state index is 12.2. The smallest absolute Gasteiger partial charge is 0.338 e. The fourth-order valence-corrected chi connectivity index (χ4v) is 2.65. The standard InChI is InChI=1S/C18H20N2O5S/c1-12(16(21)19-8-9-24-2)25-18(23)13-5-3-6-14(11-13)20-17(22)15-7-4-10-26-15/h3-7,10-12H,8-9H2,1-2H3,(H,19,21)(H,20,22)/t12-/m0/s1. The first-order valence-corrected chi connectivity index (χ1v) is 8.81. The molecule has 0 radical (unpaired) electrons. The summed E-state index contributed by atoms with van der Waals surface area (Å²) in [4.78, 5) is 36.7. The van der Waals surface area contributed by atoms with Crippen LogP contribution >= 0.6 is 11.3 Å². The lowest BCUT2D eigenvalue weighted by molar-refractivity contribution is -0.129. The van der Waals surface area contributed by atoms with Gasteiger partial charge in [-0.1, -0.05) is 12.1 Å². The molecular weight excluding hydrogens is 356 g/mol. The lowest BCUT2D eigenvalue weighted by Gasteiger charge is -2.13. The van der Waals surface area contributed by atoms with E-state index in [2.05, 4.69) is 10.6 Å². The number of carbonyl (C=O) groups excluding carboxylic acids is 3. The number of nitrogens with one attached hydrogen (secondary N) is 2. The van der Waals surface area contributed by atoms with E-state index in [0.29, 0.717) is 23.7 Å². The van der Waals surface area contributed by atoms with Crippen LogP contribution in [0.15, 0.2) is 41.8 Å². The largest absolute Gasteiger partial charge is 0.449 e. The van der Waals surface area contributed by atoms with Crippen molar-refractivity contribution in [2.75, 3.05) is 25.6 Å². The molecule has 2 N–H and O–H groups in total. The van der Waals surface area contributed by atoms with Gasteiger partial charge in [-0.2, -0.15) is 0 Å². The second-order valence-electron chi connectivity index (χ2n) is 5.34. The van der Waals surface area contributed by atoms with Crippen LogP contribution in [0.5, 0.6) is 0 Å². The molecule has 0 spiro atoms. The Balaban J connectivity index is 1.94. The molecule has 2 aromatic rings. The highest BCUT2D eigenvalue weighted by molar-refractivity contribution is 7.12. The van der Waals surface area contributed by atoms with E-state index < -0.39 is 18.0 Å². The zero-order chi connectivity index (χ0) is 18.9. The molecule has 0 aliphatic rings. The minimum atomic E-state index is -0.941. The summed E-state index contributed by atoms with van der Waals surface area (Å²) in [5.41, 5.74) is 0.709. The molecular formula is C18H20N2O5S. The molecule has 0 saturated heterocycles. The van der Waals surface area contributed by atoms with E-state index in [0.717, 1.165) is 0 Å². The van der Waals surface area contributed by atoms with Gasteiger partial charge in [-0.3, -0.25) is 9.59 Å². The van der Waals surface area contributed by atoms with Crippen molar-refractivity contribution < 1.29 is 23.9 Å². The van der Waals surface area contributed by atoms with Crippen molar-refractivity contribution in [3.8, 4) is 0 Å². The van der Waals surface area contributed by atoms with E-state index in [9.17, 15) is 14.4 Å². The number of thiophene rings is 1. The van der Waals surface area contributed by atoms with E-state index in [1.54, 1.807) is 30.3 Å². The number of esters is 1. The molecule has 138 valence electrons. The second-order valence-corrected chi connectivity index (χ2v) is 6.29. The Bertz CT molecular complexity index is 761. The first-order valence-electron chi connectivity index (χ1n) is 7.94. The molecule has 26 heavy (non-hydrogen) atoms. The van der Waals surface area contributed by atoms with E-state index in [-0.39, 0.29) is 11.5 Å². The molecule has 1 atom stereocenters. The minimum Gasteiger partial charge on any atom is -0.449 e. The summed E-state index contributed by atoms with van der Waals surface area (Å²) < 4.78 is 10.00. The molecule has 1 heterocycles. The van der Waals surface area contributed by atoms with Crippen molar-refractivity contribution in [3.05, 3.63) is 52.2 Å². The van der Waals surface area contributed by atoms with Gasteiger partial charge in [-0.25, -0.2) is 4.79 Å². The van der Waals surface area contributed by atoms with Gasteiger partial charge in [0.15, 0.2) is 6.10 Å². The normalized spacial score (nSPS) is 11.5. The number of carbonyl (C=O) groups is 3. The maximum absolute atomic E-state index is 12.2. The Labute approximate surface area is 155 Å². The predicted molar refractivity (Wildman–Crippen MR) is 98.5 cm³/mol. The number of benzene rings is 1. The molecule has 0 aliphatic heterocycles. The number of hydrogen-bond donors (Lipinski definition) is 2. The third-order valence-electron chi connectivity index (χ3n) is 3.36. The van der Waals surface area contributed by atoms with Crippen LogP contribution in [-0.4, -0.2) is 44.1 Å². The molecule has 2 rings (SSSR count). The van der Waals surface area contributed by atoms with E-state index in [4.69, 9.17) is 9.47 Å². The van der Waals surface area contributed by atoms with Crippen LogP contribution in [-0.2, 0) is 14.3 Å². The van der Waals surface area contributed by atoms with Crippen LogP contribution in [0.3, 0.4) is 0 Å². The highest BCUT2D eigenvalue weighted by Gasteiger charge is 2.19. The highest BCUT2D eigenvalue weighted by atomic mass is 32.1. The highest BCUT2D eigenvalue weighted by Crippen LogP contribution is 2.16. The molecule has 0 fully saturated rings. The summed E-state index contributed by atoms with van der Waals surface area (Å²) in [6.45, 7) is 2.20. The van der Waals surface area contributed by atoms with Gasteiger partial charge >= 0.3 is 5.97 Å². The maximum Gasteiger partial charge on any atom is 0.338 e. The first kappa shape index (κ1) is 19.6. The number of rotatable bonds is 8. The predicted octanol–water partition coefficient (Wildman–Crippen LogP) is 2.31. The summed E-state index contributed by atoms with van der Waals surface area (Å²) in [6, 6.07) is 9.85. The monoisotopic (exact) mass is 376 g/mol. The Morgan fingerprint density at radius 2 is 2.00 bits per heavy atom. The summed E-state index contributed by atoms with van der Waals surface area (Å²) >= 11 is 1.32. The van der Waals surface area contributed by atoms with E-state index >= 15 is 0 Å². The van der Waals surface area contributed by atoms with Crippen LogP contribution in [0.4, 0.5) is 5.69 Å². The van der Waals surface area contributed by atoms with E-state index in [1.807, 2.05) is 5.38 Å². The molecule has 0 unspecified atom stereocenters. The van der Waals surface area contributed by atoms with Crippen molar-refractivity contribution in [2.45, 2.75) is 13.0 Å². The molecule has 0 aliphatic carbocycles. The van der Waals surface area contributed by atoms with Gasteiger partial charge in [-0.15, -0.1) is 11.3 Å². The zero-order valence-corrected chi connectivity index (χ0v) is 15.3. The lowest BCUT2D eigenvalue weighted by Crippen LogP contribution is -2.37. The fourth-order valence-electron chi connectivity index (χ4n) is 2.03. The molecule has 8 heteroatoms. The van der Waals surface area contributed by atoms with Crippen LogP contribution in [0.25, 0.3) is 0 Å². The van der Waals surface area contributed by atoms with Crippen molar-refractivity contribution >= 4 is 34.8 Å². The number of hydrogen-bond acceptors (Lipinski definition) is 6. The lowest BCUT2D eigenvalue weighted by atomic mass is 10.2. The molecule has 2 amide bonds. The fraction of sp³-hybridized carbons (Fsp3) is 0.278. The van der Waals surface area contributed by atoms with Gasteiger partial charge < -0.3 is 20.1 Å². The van der Waals surface area contributed by atoms with Crippen LogP contribution < -0.4 is 10.6 Å². The first-order chi connectivity index (χ1) is 12.5. The van der Waals surface area contributed by atoms with Gasteiger partial charge in [-0.05, 0) is 36.6 Å². The van der Waals surface area contributed by atoms with Crippen molar-refractivity contribution in [1.82, 2.24) is 5.32 Å². The van der Waals surface area contributed by atoms with Crippen LogP contribution in [0.1, 0.15) is 27.0 Å². The second kappa shape index (κ2) is 9.69. The third kappa shape index (κ3) is 5.68. The Kier molecular flexibility index (Phi) is 7.31. The quantitative estimate of drug-likeness (QED) is 0.545. The van der Waals surface area contributed by atoms with Crippen LogP contribution in [0.2, 0.25) is 0 Å². The van der Waals surface area contributed by atoms with Crippen LogP contribution in [0, 0.1) is 0 Å². The third-order valence-corrected chi connectivity index (χ3v) is 4.23. The SMILES string of the molecule is COCCNC(=O)[C@H](C)OC(=O)c1cccc(NC(=O)c2cccs2)c1. The molecule has 0 bridgehead atoms. The van der Waals surface area contributed by atoms with Crippen molar-refractivity contribution in [2.24, 2.45) is 0 Å². The van der Waals surface area contributed by atoms with Gasteiger partial charge in [0.1, 0.15) is 0 Å². The Hall–Kier alpha value is -2.71. The van der Waals surface area contributed by atoms with Crippen molar-refractivity contribution in [3.63, 3.8) is 0 Å². The number of methoxy groups -OCH3 is 1. The van der Waals surface area contributed by atoms with Gasteiger partial charge in [0, 0.05) is 19.3 Å².